The van der Waals surface area contributed by atoms with Gasteiger partial charge in [0.25, 0.3) is 0 Å². The Morgan fingerprint density at radius 2 is 2.12 bits per heavy atom. The van der Waals surface area contributed by atoms with Crippen molar-refractivity contribution < 1.29 is 4.79 Å². The van der Waals surface area contributed by atoms with Gasteiger partial charge in [0, 0.05) is 56.0 Å². The number of amides is 1. The van der Waals surface area contributed by atoms with E-state index in [0.717, 1.165) is 44.7 Å². The highest BCUT2D eigenvalue weighted by atomic mass is 16.2. The minimum absolute atomic E-state index is 0.222. The molecule has 7 heteroatoms. The summed E-state index contributed by atoms with van der Waals surface area (Å²) in [6.07, 6.45) is 11.2. The first-order chi connectivity index (χ1) is 12.3. The molecule has 0 bridgehead atoms. The molecular formula is C18H24N6O. The zero-order chi connectivity index (χ0) is 16.8. The van der Waals surface area contributed by atoms with Crippen molar-refractivity contribution in [1.82, 2.24) is 24.9 Å². The van der Waals surface area contributed by atoms with Crippen molar-refractivity contribution in [3.8, 4) is 0 Å². The van der Waals surface area contributed by atoms with Crippen LogP contribution in [0.25, 0.3) is 0 Å². The van der Waals surface area contributed by atoms with Crippen LogP contribution in [0.1, 0.15) is 55.3 Å². The minimum atomic E-state index is 0.222. The van der Waals surface area contributed by atoms with Crippen LogP contribution in [-0.4, -0.2) is 50.4 Å². The molecule has 2 saturated heterocycles. The fraction of sp³-hybridized carbons (Fsp3) is 0.611. The van der Waals surface area contributed by atoms with E-state index in [0.29, 0.717) is 18.4 Å². The largest absolute Gasteiger partial charge is 0.309 e. The first-order valence-electron chi connectivity index (χ1n) is 9.37. The third kappa shape index (κ3) is 2.86. The Balaban J connectivity index is 1.24. The monoisotopic (exact) mass is 340 g/mol. The Morgan fingerprint density at radius 1 is 1.20 bits per heavy atom. The number of hydrogen-bond acceptors (Lipinski definition) is 4. The standard InChI is InChI=1S/C18H24N6O/c25-17-2-1-6-23(17)16-9-20-24(12-16)15-5-7-22(11-15)10-14-8-19-21-18(14)13-3-4-13/h8-9,12-13,15H,1-7,10-11H2,(H,19,21). The first kappa shape index (κ1) is 15.1. The highest BCUT2D eigenvalue weighted by molar-refractivity contribution is 5.95. The van der Waals surface area contributed by atoms with E-state index in [1.54, 1.807) is 0 Å². The number of aromatic amines is 1. The van der Waals surface area contributed by atoms with E-state index in [-0.39, 0.29) is 5.91 Å². The van der Waals surface area contributed by atoms with Gasteiger partial charge in [0.15, 0.2) is 0 Å². The summed E-state index contributed by atoms with van der Waals surface area (Å²) in [5.41, 5.74) is 3.65. The van der Waals surface area contributed by atoms with Crippen molar-refractivity contribution in [2.45, 2.75) is 50.6 Å². The zero-order valence-electron chi connectivity index (χ0n) is 14.4. The van der Waals surface area contributed by atoms with Gasteiger partial charge in [-0.05, 0) is 25.7 Å². The maximum absolute atomic E-state index is 11.9. The van der Waals surface area contributed by atoms with Gasteiger partial charge >= 0.3 is 0 Å². The quantitative estimate of drug-likeness (QED) is 0.904. The van der Waals surface area contributed by atoms with Gasteiger partial charge in [0.05, 0.1) is 24.1 Å². The summed E-state index contributed by atoms with van der Waals surface area (Å²) in [5, 5.41) is 12.0. The van der Waals surface area contributed by atoms with Crippen molar-refractivity contribution in [2.24, 2.45) is 0 Å². The Morgan fingerprint density at radius 3 is 2.92 bits per heavy atom. The van der Waals surface area contributed by atoms with Crippen LogP contribution in [0.4, 0.5) is 5.69 Å². The Hall–Kier alpha value is -2.15. The summed E-state index contributed by atoms with van der Waals surface area (Å²) in [7, 11) is 0. The molecule has 132 valence electrons. The molecule has 0 spiro atoms. The van der Waals surface area contributed by atoms with Crippen LogP contribution < -0.4 is 4.90 Å². The van der Waals surface area contributed by atoms with Crippen molar-refractivity contribution in [2.75, 3.05) is 24.5 Å². The lowest BCUT2D eigenvalue weighted by Crippen LogP contribution is -2.23. The predicted octanol–water partition coefficient (Wildman–Crippen LogP) is 2.06. The molecular weight excluding hydrogens is 316 g/mol. The highest BCUT2D eigenvalue weighted by Gasteiger charge is 2.31. The van der Waals surface area contributed by atoms with Crippen LogP contribution in [0.5, 0.6) is 0 Å². The molecule has 2 aliphatic heterocycles. The van der Waals surface area contributed by atoms with Crippen molar-refractivity contribution in [1.29, 1.82) is 0 Å². The third-order valence-corrected chi connectivity index (χ3v) is 5.73. The molecule has 1 aliphatic carbocycles. The molecule has 1 amide bonds. The van der Waals surface area contributed by atoms with Crippen LogP contribution >= 0.6 is 0 Å². The number of hydrogen-bond donors (Lipinski definition) is 1. The molecule has 0 radical (unpaired) electrons. The Kier molecular flexibility index (Phi) is 3.62. The number of aromatic nitrogens is 4. The topological polar surface area (TPSA) is 70.1 Å². The van der Waals surface area contributed by atoms with E-state index in [2.05, 4.69) is 24.9 Å². The third-order valence-electron chi connectivity index (χ3n) is 5.73. The van der Waals surface area contributed by atoms with Crippen LogP contribution in [0.15, 0.2) is 18.6 Å². The van der Waals surface area contributed by atoms with Gasteiger partial charge < -0.3 is 4.90 Å². The van der Waals surface area contributed by atoms with Crippen molar-refractivity contribution in [3.05, 3.63) is 29.8 Å². The van der Waals surface area contributed by atoms with Crippen LogP contribution in [0.2, 0.25) is 0 Å². The van der Waals surface area contributed by atoms with E-state index in [9.17, 15) is 4.79 Å². The maximum atomic E-state index is 11.9. The molecule has 0 aromatic carbocycles. The second-order valence-electron chi connectivity index (χ2n) is 7.59. The van der Waals surface area contributed by atoms with Gasteiger partial charge in [-0.2, -0.15) is 10.2 Å². The maximum Gasteiger partial charge on any atom is 0.227 e. The number of likely N-dealkylation sites (tertiary alicyclic amines) is 1. The number of rotatable bonds is 5. The molecule has 7 nitrogen and oxygen atoms in total. The zero-order valence-corrected chi connectivity index (χ0v) is 14.4. The van der Waals surface area contributed by atoms with E-state index in [1.807, 2.05) is 23.5 Å². The normalized spacial score (nSPS) is 24.6. The van der Waals surface area contributed by atoms with Gasteiger partial charge in [-0.15, -0.1) is 0 Å². The van der Waals surface area contributed by atoms with Gasteiger partial charge in [0.2, 0.25) is 5.91 Å². The number of carbonyl (C=O) groups excluding carboxylic acids is 1. The SMILES string of the molecule is O=C1CCCN1c1cnn(C2CCN(Cc3cn[nH]c3C3CC3)C2)c1. The van der Waals surface area contributed by atoms with Gasteiger partial charge in [-0.1, -0.05) is 0 Å². The number of anilines is 1. The fourth-order valence-electron chi connectivity index (χ4n) is 4.17. The lowest BCUT2D eigenvalue weighted by Gasteiger charge is -2.16. The number of nitrogens with zero attached hydrogens (tertiary/aromatic N) is 5. The second-order valence-corrected chi connectivity index (χ2v) is 7.59. The summed E-state index contributed by atoms with van der Waals surface area (Å²) >= 11 is 0. The van der Waals surface area contributed by atoms with E-state index in [1.165, 1.54) is 24.1 Å². The molecule has 3 fully saturated rings. The fourth-order valence-corrected chi connectivity index (χ4v) is 4.17. The summed E-state index contributed by atoms with van der Waals surface area (Å²) in [6.45, 7) is 3.88. The van der Waals surface area contributed by atoms with Gasteiger partial charge in [0.1, 0.15) is 0 Å². The highest BCUT2D eigenvalue weighted by Crippen LogP contribution is 2.41. The lowest BCUT2D eigenvalue weighted by atomic mass is 10.2. The predicted molar refractivity (Wildman–Crippen MR) is 93.3 cm³/mol. The molecule has 2 aromatic rings. The smallest absolute Gasteiger partial charge is 0.227 e. The number of H-pyrrole nitrogens is 1. The van der Waals surface area contributed by atoms with E-state index < -0.39 is 0 Å². The van der Waals surface area contributed by atoms with Crippen LogP contribution in [0, 0.1) is 0 Å². The molecule has 1 saturated carbocycles. The second kappa shape index (κ2) is 5.98. The van der Waals surface area contributed by atoms with Crippen LogP contribution in [-0.2, 0) is 11.3 Å². The molecule has 2 aromatic heterocycles. The van der Waals surface area contributed by atoms with Crippen LogP contribution in [0.3, 0.4) is 0 Å². The van der Waals surface area contributed by atoms with Gasteiger partial charge in [-0.25, -0.2) is 0 Å². The molecule has 1 atom stereocenters. The number of carbonyl (C=O) groups is 1. The summed E-state index contributed by atoms with van der Waals surface area (Å²) in [5.74, 6) is 0.933. The Labute approximate surface area is 147 Å². The Bertz CT molecular complexity index is 776. The van der Waals surface area contributed by atoms with Gasteiger partial charge in [-0.3, -0.25) is 19.5 Å². The molecule has 5 rings (SSSR count). The summed E-state index contributed by atoms with van der Waals surface area (Å²) in [6, 6.07) is 0.391. The molecule has 25 heavy (non-hydrogen) atoms. The average Bonchev–Trinajstić information content (AvgIpc) is 3.07. The molecule has 1 N–H and O–H groups in total. The van der Waals surface area contributed by atoms with E-state index >= 15 is 0 Å². The molecule has 3 aliphatic rings. The summed E-state index contributed by atoms with van der Waals surface area (Å²) in [4.78, 5) is 16.3. The first-order valence-corrected chi connectivity index (χ1v) is 9.37. The molecule has 1 unspecified atom stereocenters. The average molecular weight is 340 g/mol. The minimum Gasteiger partial charge on any atom is -0.309 e. The molecule has 4 heterocycles. The lowest BCUT2D eigenvalue weighted by molar-refractivity contribution is -0.117. The van der Waals surface area contributed by atoms with Crippen molar-refractivity contribution in [3.63, 3.8) is 0 Å². The van der Waals surface area contributed by atoms with E-state index in [4.69, 9.17) is 0 Å². The van der Waals surface area contributed by atoms with Crippen molar-refractivity contribution >= 4 is 11.6 Å². The number of nitrogens with one attached hydrogen (secondary N) is 1. The summed E-state index contributed by atoms with van der Waals surface area (Å²) < 4.78 is 2.05.